The van der Waals surface area contributed by atoms with Crippen molar-refractivity contribution in [2.75, 3.05) is 26.2 Å². The molecule has 0 spiro atoms. The molecule has 124 valence electrons. The molecule has 1 heterocycles. The van der Waals surface area contributed by atoms with Gasteiger partial charge in [-0.1, -0.05) is 6.07 Å². The average Bonchev–Trinajstić information content (AvgIpc) is 2.54. The van der Waals surface area contributed by atoms with E-state index < -0.39 is 11.7 Å². The average molecular weight is 326 g/mol. The smallest absolute Gasteiger partial charge is 0.417 e. The number of anilines is 1. The zero-order valence-electron chi connectivity index (χ0n) is 13.0. The Labute approximate surface area is 132 Å². The molecule has 4 nitrogen and oxygen atoms in total. The first-order chi connectivity index (χ1) is 10.8. The zero-order valence-corrected chi connectivity index (χ0v) is 13.0. The van der Waals surface area contributed by atoms with E-state index in [0.29, 0.717) is 23.9 Å². The number of ether oxygens (including phenoxy) is 2. The van der Waals surface area contributed by atoms with Crippen LogP contribution in [0.25, 0.3) is 0 Å². The minimum absolute atomic E-state index is 0.452. The minimum Gasteiger partial charge on any atom is -0.493 e. The van der Waals surface area contributed by atoms with Crippen LogP contribution in [0.1, 0.15) is 11.1 Å². The number of nitrogens with zero attached hydrogens (tertiary/aromatic N) is 2. The van der Waals surface area contributed by atoms with Gasteiger partial charge in [0.2, 0.25) is 0 Å². The molecule has 23 heavy (non-hydrogen) atoms. The molecule has 0 radical (unpaired) electrons. The summed E-state index contributed by atoms with van der Waals surface area (Å²) in [6.45, 7) is 0.471. The van der Waals surface area contributed by atoms with Crippen LogP contribution in [0, 0.1) is 0 Å². The van der Waals surface area contributed by atoms with Gasteiger partial charge in [0.1, 0.15) is 5.82 Å². The Balaban J connectivity index is 2.14. The van der Waals surface area contributed by atoms with Gasteiger partial charge in [0.25, 0.3) is 0 Å². The maximum atomic E-state index is 12.5. The topological polar surface area (TPSA) is 34.6 Å². The maximum absolute atomic E-state index is 12.5. The summed E-state index contributed by atoms with van der Waals surface area (Å²) in [5.41, 5.74) is 0.160. The van der Waals surface area contributed by atoms with E-state index in [4.69, 9.17) is 9.47 Å². The molecule has 0 saturated carbocycles. The number of aromatic nitrogens is 1. The molecule has 1 aromatic carbocycles. The molecule has 2 rings (SSSR count). The van der Waals surface area contributed by atoms with Crippen LogP contribution >= 0.6 is 0 Å². The van der Waals surface area contributed by atoms with Gasteiger partial charge in [-0.05, 0) is 29.8 Å². The summed E-state index contributed by atoms with van der Waals surface area (Å²) in [6, 6.07) is 7.83. The quantitative estimate of drug-likeness (QED) is 0.838. The fourth-order valence-corrected chi connectivity index (χ4v) is 2.11. The second-order valence-electron chi connectivity index (χ2n) is 4.95. The van der Waals surface area contributed by atoms with Crippen molar-refractivity contribution in [3.8, 4) is 11.5 Å². The van der Waals surface area contributed by atoms with Gasteiger partial charge in [-0.15, -0.1) is 0 Å². The van der Waals surface area contributed by atoms with Crippen molar-refractivity contribution >= 4 is 5.82 Å². The van der Waals surface area contributed by atoms with Gasteiger partial charge in [0.15, 0.2) is 11.5 Å². The van der Waals surface area contributed by atoms with Crippen LogP contribution < -0.4 is 14.4 Å². The lowest BCUT2D eigenvalue weighted by molar-refractivity contribution is -0.137. The summed E-state index contributed by atoms with van der Waals surface area (Å²) in [5, 5.41) is 0. The molecular formula is C16H17F3N2O2. The molecular weight excluding hydrogens is 309 g/mol. The normalized spacial score (nSPS) is 11.2. The van der Waals surface area contributed by atoms with Crippen LogP contribution in [0.5, 0.6) is 11.5 Å². The fraction of sp³-hybridized carbons (Fsp3) is 0.312. The molecule has 0 aliphatic carbocycles. The minimum atomic E-state index is -4.38. The van der Waals surface area contributed by atoms with Gasteiger partial charge < -0.3 is 14.4 Å². The Morgan fingerprint density at radius 1 is 1.04 bits per heavy atom. The Morgan fingerprint density at radius 2 is 1.74 bits per heavy atom. The van der Waals surface area contributed by atoms with E-state index in [1.54, 1.807) is 32.2 Å². The maximum Gasteiger partial charge on any atom is 0.417 e. The number of hydrogen-bond acceptors (Lipinski definition) is 4. The van der Waals surface area contributed by atoms with Crippen molar-refractivity contribution in [3.63, 3.8) is 0 Å². The van der Waals surface area contributed by atoms with E-state index in [-0.39, 0.29) is 0 Å². The molecule has 0 aliphatic heterocycles. The van der Waals surface area contributed by atoms with Gasteiger partial charge in [0.05, 0.1) is 19.8 Å². The summed E-state index contributed by atoms with van der Waals surface area (Å²) in [6.07, 6.45) is -3.55. The SMILES string of the molecule is COc1ccc(CN(C)c2ccc(C(F)(F)F)cn2)cc1OC. The second kappa shape index (κ2) is 6.76. The summed E-state index contributed by atoms with van der Waals surface area (Å²) in [7, 11) is 4.85. The van der Waals surface area contributed by atoms with Crippen molar-refractivity contribution in [1.29, 1.82) is 0 Å². The van der Waals surface area contributed by atoms with Crippen LogP contribution in [-0.2, 0) is 12.7 Å². The summed E-state index contributed by atoms with van der Waals surface area (Å²) in [4.78, 5) is 5.62. The van der Waals surface area contributed by atoms with Gasteiger partial charge >= 0.3 is 6.18 Å². The van der Waals surface area contributed by atoms with E-state index in [2.05, 4.69) is 4.98 Å². The largest absolute Gasteiger partial charge is 0.493 e. The number of methoxy groups -OCH3 is 2. The fourth-order valence-electron chi connectivity index (χ4n) is 2.11. The van der Waals surface area contributed by atoms with Crippen LogP contribution in [0.2, 0.25) is 0 Å². The van der Waals surface area contributed by atoms with Crippen molar-refractivity contribution in [1.82, 2.24) is 4.98 Å². The van der Waals surface area contributed by atoms with Gasteiger partial charge in [-0.2, -0.15) is 13.2 Å². The highest BCUT2D eigenvalue weighted by molar-refractivity contribution is 5.45. The van der Waals surface area contributed by atoms with E-state index >= 15 is 0 Å². The first-order valence-corrected chi connectivity index (χ1v) is 6.80. The lowest BCUT2D eigenvalue weighted by atomic mass is 10.2. The third-order valence-electron chi connectivity index (χ3n) is 3.33. The Kier molecular flexibility index (Phi) is 4.98. The number of benzene rings is 1. The third kappa shape index (κ3) is 4.06. The monoisotopic (exact) mass is 326 g/mol. The van der Waals surface area contributed by atoms with Crippen LogP contribution in [0.15, 0.2) is 36.5 Å². The number of pyridine rings is 1. The zero-order chi connectivity index (χ0) is 17.0. The first kappa shape index (κ1) is 16.9. The Bertz CT molecular complexity index is 657. The van der Waals surface area contributed by atoms with E-state index in [1.807, 2.05) is 12.1 Å². The van der Waals surface area contributed by atoms with Crippen LogP contribution in [-0.4, -0.2) is 26.3 Å². The third-order valence-corrected chi connectivity index (χ3v) is 3.33. The van der Waals surface area contributed by atoms with Crippen LogP contribution in [0.4, 0.5) is 19.0 Å². The molecule has 1 aromatic heterocycles. The van der Waals surface area contributed by atoms with Crippen molar-refractivity contribution in [2.24, 2.45) is 0 Å². The molecule has 0 atom stereocenters. The predicted molar refractivity (Wildman–Crippen MR) is 80.9 cm³/mol. The van der Waals surface area contributed by atoms with Gasteiger partial charge in [0, 0.05) is 19.8 Å². The van der Waals surface area contributed by atoms with Gasteiger partial charge in [-0.25, -0.2) is 4.98 Å². The van der Waals surface area contributed by atoms with Crippen molar-refractivity contribution < 1.29 is 22.6 Å². The molecule has 0 fully saturated rings. The number of rotatable bonds is 5. The van der Waals surface area contributed by atoms with E-state index in [9.17, 15) is 13.2 Å². The molecule has 0 bridgehead atoms. The highest BCUT2D eigenvalue weighted by Gasteiger charge is 2.30. The van der Waals surface area contributed by atoms with Crippen molar-refractivity contribution in [2.45, 2.75) is 12.7 Å². The lowest BCUT2D eigenvalue weighted by Gasteiger charge is -2.19. The molecule has 0 amide bonds. The predicted octanol–water partition coefficient (Wildman–Crippen LogP) is 3.75. The highest BCUT2D eigenvalue weighted by atomic mass is 19.4. The van der Waals surface area contributed by atoms with Crippen molar-refractivity contribution in [3.05, 3.63) is 47.7 Å². The summed E-state index contributed by atoms with van der Waals surface area (Å²) < 4.78 is 48.0. The molecule has 7 heteroatoms. The summed E-state index contributed by atoms with van der Waals surface area (Å²) in [5.74, 6) is 1.66. The van der Waals surface area contributed by atoms with Gasteiger partial charge in [-0.3, -0.25) is 0 Å². The molecule has 2 aromatic rings. The number of hydrogen-bond donors (Lipinski definition) is 0. The Hall–Kier alpha value is -2.44. The molecule has 0 N–H and O–H groups in total. The Morgan fingerprint density at radius 3 is 2.26 bits per heavy atom. The van der Waals surface area contributed by atoms with E-state index in [1.165, 1.54) is 6.07 Å². The second-order valence-corrected chi connectivity index (χ2v) is 4.95. The first-order valence-electron chi connectivity index (χ1n) is 6.80. The number of halogens is 3. The molecule has 0 aliphatic rings. The van der Waals surface area contributed by atoms with E-state index in [0.717, 1.165) is 17.8 Å². The lowest BCUT2D eigenvalue weighted by Crippen LogP contribution is -2.18. The molecule has 0 saturated heterocycles. The standard InChI is InChI=1S/C16H17F3N2O2/c1-21(15-7-5-12(9-20-15)16(17,18)19)10-11-4-6-13(22-2)14(8-11)23-3/h4-9H,10H2,1-3H3. The highest BCUT2D eigenvalue weighted by Crippen LogP contribution is 2.30. The summed E-state index contributed by atoms with van der Waals surface area (Å²) >= 11 is 0. The van der Waals surface area contributed by atoms with Crippen LogP contribution in [0.3, 0.4) is 0 Å². The number of alkyl halides is 3. The molecule has 0 unspecified atom stereocenters.